The number of carbonyl (C=O) groups is 2. The fourth-order valence-electron chi connectivity index (χ4n) is 4.15. The predicted molar refractivity (Wildman–Crippen MR) is 113 cm³/mol. The molecule has 1 aliphatic heterocycles. The summed E-state index contributed by atoms with van der Waals surface area (Å²) in [4.78, 5) is 25.6. The highest BCUT2D eigenvalue weighted by Crippen LogP contribution is 2.44. The van der Waals surface area contributed by atoms with Crippen LogP contribution in [-0.2, 0) is 16.1 Å². The zero-order valence-corrected chi connectivity index (χ0v) is 18.2. The second kappa shape index (κ2) is 7.86. The van der Waals surface area contributed by atoms with Crippen LogP contribution in [0.3, 0.4) is 0 Å². The summed E-state index contributed by atoms with van der Waals surface area (Å²) in [6.07, 6.45) is 0.736. The Morgan fingerprint density at radius 3 is 2.83 bits per heavy atom. The molecule has 4 rings (SSSR count). The minimum absolute atomic E-state index is 0.110. The molecular formula is C22H15BrClFN2O3. The Labute approximate surface area is 185 Å². The highest BCUT2D eigenvalue weighted by atomic mass is 79.9. The molecule has 1 aliphatic rings. The zero-order chi connectivity index (χ0) is 21.6. The summed E-state index contributed by atoms with van der Waals surface area (Å²) in [7, 11) is 1.32. The van der Waals surface area contributed by atoms with E-state index in [1.54, 1.807) is 6.07 Å². The van der Waals surface area contributed by atoms with Gasteiger partial charge in [-0.25, -0.2) is 4.39 Å². The number of aryl methyl sites for hydroxylation is 1. The van der Waals surface area contributed by atoms with Crippen molar-refractivity contribution in [2.24, 2.45) is 0 Å². The second-order valence-electron chi connectivity index (χ2n) is 7.09. The summed E-state index contributed by atoms with van der Waals surface area (Å²) in [5.41, 5.74) is 1.95. The third-order valence-corrected chi connectivity index (χ3v) is 6.28. The number of ketones is 1. The van der Waals surface area contributed by atoms with E-state index in [0.717, 1.165) is 0 Å². The fraction of sp³-hybridized carbons (Fsp3) is 0.227. The van der Waals surface area contributed by atoms with Gasteiger partial charge in [-0.3, -0.25) is 9.59 Å². The van der Waals surface area contributed by atoms with Crippen LogP contribution in [0, 0.1) is 17.1 Å². The van der Waals surface area contributed by atoms with Gasteiger partial charge in [-0.2, -0.15) is 5.26 Å². The quantitative estimate of drug-likeness (QED) is 0.366. The molecular weight excluding hydrogens is 475 g/mol. The van der Waals surface area contributed by atoms with E-state index >= 15 is 0 Å². The summed E-state index contributed by atoms with van der Waals surface area (Å²) in [6, 6.07) is 9.20. The van der Waals surface area contributed by atoms with Crippen molar-refractivity contribution in [3.63, 3.8) is 0 Å². The van der Waals surface area contributed by atoms with E-state index in [1.165, 1.54) is 31.4 Å². The van der Waals surface area contributed by atoms with Crippen molar-refractivity contribution >= 4 is 50.2 Å². The Morgan fingerprint density at radius 2 is 2.13 bits per heavy atom. The van der Waals surface area contributed by atoms with Gasteiger partial charge in [-0.1, -0.05) is 11.6 Å². The zero-order valence-electron chi connectivity index (χ0n) is 15.8. The van der Waals surface area contributed by atoms with Gasteiger partial charge in [0.05, 0.1) is 36.2 Å². The highest BCUT2D eigenvalue weighted by molar-refractivity contribution is 9.10. The number of rotatable bonds is 4. The van der Waals surface area contributed by atoms with Crippen LogP contribution >= 0.6 is 27.5 Å². The number of fused-ring (bicyclic) bond motifs is 3. The molecule has 5 nitrogen and oxygen atoms in total. The van der Waals surface area contributed by atoms with Crippen molar-refractivity contribution in [3.8, 4) is 6.07 Å². The number of benzene rings is 2. The maximum absolute atomic E-state index is 14.2. The number of nitrogens with zero attached hydrogens (tertiary/aromatic N) is 2. The van der Waals surface area contributed by atoms with Crippen molar-refractivity contribution in [2.45, 2.75) is 25.3 Å². The Kier molecular flexibility index (Phi) is 5.39. The lowest BCUT2D eigenvalue weighted by atomic mass is 9.90. The smallest absolute Gasteiger partial charge is 0.306 e. The molecule has 0 bridgehead atoms. The molecule has 0 fully saturated rings. The van der Waals surface area contributed by atoms with Crippen LogP contribution in [0.25, 0.3) is 10.9 Å². The molecule has 0 spiro atoms. The minimum atomic E-state index is -0.436. The number of halogens is 3. The molecule has 2 aromatic carbocycles. The van der Waals surface area contributed by atoms with Gasteiger partial charge in [-0.05, 0) is 52.7 Å². The van der Waals surface area contributed by atoms with Gasteiger partial charge in [0.15, 0.2) is 5.78 Å². The van der Waals surface area contributed by atoms with Crippen molar-refractivity contribution in [2.75, 3.05) is 7.11 Å². The summed E-state index contributed by atoms with van der Waals surface area (Å²) in [5.74, 6) is -1.44. The molecule has 0 saturated heterocycles. The Balaban J connectivity index is 2.00. The lowest BCUT2D eigenvalue weighted by molar-refractivity contribution is -0.141. The normalized spacial score (nSPS) is 15.1. The maximum Gasteiger partial charge on any atom is 0.306 e. The van der Waals surface area contributed by atoms with Gasteiger partial charge in [0.2, 0.25) is 0 Å². The molecule has 0 amide bonds. The summed E-state index contributed by atoms with van der Waals surface area (Å²) >= 11 is 9.37. The van der Waals surface area contributed by atoms with Crippen LogP contribution in [0.4, 0.5) is 4.39 Å². The lowest BCUT2D eigenvalue weighted by Crippen LogP contribution is -2.12. The Morgan fingerprint density at radius 1 is 1.37 bits per heavy atom. The van der Waals surface area contributed by atoms with E-state index in [2.05, 4.69) is 15.9 Å². The topological polar surface area (TPSA) is 72.1 Å². The van der Waals surface area contributed by atoms with E-state index in [9.17, 15) is 19.2 Å². The molecule has 2 heterocycles. The van der Waals surface area contributed by atoms with Crippen LogP contribution in [0.1, 0.15) is 45.9 Å². The number of methoxy groups -OCH3 is 1. The van der Waals surface area contributed by atoms with E-state index in [4.69, 9.17) is 16.3 Å². The Bertz CT molecular complexity index is 1260. The number of ether oxygens (including phenoxy) is 1. The summed E-state index contributed by atoms with van der Waals surface area (Å²) in [5, 5.41) is 10.4. The van der Waals surface area contributed by atoms with E-state index in [-0.39, 0.29) is 35.2 Å². The fourth-order valence-corrected chi connectivity index (χ4v) is 4.95. The number of hydrogen-bond donors (Lipinski definition) is 0. The van der Waals surface area contributed by atoms with Crippen LogP contribution in [0.15, 0.2) is 34.8 Å². The third-order valence-electron chi connectivity index (χ3n) is 5.42. The number of aromatic nitrogens is 1. The third kappa shape index (κ3) is 3.30. The first-order valence-electron chi connectivity index (χ1n) is 9.18. The number of carbonyl (C=O) groups excluding carboxylic acids is 2. The van der Waals surface area contributed by atoms with E-state index < -0.39 is 5.82 Å². The molecule has 3 aromatic rings. The van der Waals surface area contributed by atoms with Crippen LogP contribution in [-0.4, -0.2) is 23.4 Å². The number of nitriles is 1. The number of hydrogen-bond acceptors (Lipinski definition) is 4. The molecule has 1 unspecified atom stereocenters. The van der Waals surface area contributed by atoms with Gasteiger partial charge in [0.1, 0.15) is 5.82 Å². The summed E-state index contributed by atoms with van der Waals surface area (Å²) < 4.78 is 21.3. The van der Waals surface area contributed by atoms with Crippen LogP contribution in [0.5, 0.6) is 0 Å². The van der Waals surface area contributed by atoms with Crippen molar-refractivity contribution in [1.82, 2.24) is 4.57 Å². The Hall–Kier alpha value is -2.69. The highest BCUT2D eigenvalue weighted by Gasteiger charge is 2.35. The van der Waals surface area contributed by atoms with Crippen molar-refractivity contribution in [3.05, 3.63) is 68.0 Å². The molecule has 152 valence electrons. The molecule has 30 heavy (non-hydrogen) atoms. The largest absolute Gasteiger partial charge is 0.469 e. The van der Waals surface area contributed by atoms with Gasteiger partial charge in [-0.15, -0.1) is 0 Å². The molecule has 0 N–H and O–H groups in total. The molecule has 0 saturated carbocycles. The van der Waals surface area contributed by atoms with Crippen molar-refractivity contribution in [1.29, 1.82) is 5.26 Å². The average molecular weight is 490 g/mol. The first kappa shape index (κ1) is 20.6. The maximum atomic E-state index is 14.2. The van der Waals surface area contributed by atoms with Crippen LogP contribution < -0.4 is 0 Å². The van der Waals surface area contributed by atoms with E-state index in [1.807, 2.05) is 10.6 Å². The monoisotopic (exact) mass is 488 g/mol. The summed E-state index contributed by atoms with van der Waals surface area (Å²) in [6.45, 7) is 0.544. The number of esters is 1. The SMILES string of the molecule is COC(=O)CC1CCn2c1c(C(=O)c1ccc(Cl)cc1C#N)c1c(Br)cc(F)cc12. The van der Waals surface area contributed by atoms with Gasteiger partial charge in [0, 0.05) is 38.6 Å². The van der Waals surface area contributed by atoms with Crippen molar-refractivity contribution < 1.29 is 18.7 Å². The average Bonchev–Trinajstić information content (AvgIpc) is 3.26. The van der Waals surface area contributed by atoms with Gasteiger partial charge >= 0.3 is 5.97 Å². The molecule has 8 heteroatoms. The predicted octanol–water partition coefficient (Wildman–Crippen LogP) is 5.35. The molecule has 0 aliphatic carbocycles. The molecule has 0 radical (unpaired) electrons. The standard InChI is InChI=1S/C22H15BrClFN2O3/c1-30-18(28)7-11-4-5-27-17-9-14(25)8-16(23)19(17)20(21(11)27)22(29)15-3-2-13(24)6-12(15)10-26/h2-3,6,8-9,11H,4-5,7H2,1H3. The lowest BCUT2D eigenvalue weighted by Gasteiger charge is -2.12. The van der Waals surface area contributed by atoms with E-state index in [0.29, 0.717) is 44.6 Å². The van der Waals surface area contributed by atoms with Gasteiger partial charge < -0.3 is 9.30 Å². The first-order chi connectivity index (χ1) is 14.3. The minimum Gasteiger partial charge on any atom is -0.469 e. The molecule has 1 aromatic heterocycles. The second-order valence-corrected chi connectivity index (χ2v) is 8.38. The van der Waals surface area contributed by atoms with Gasteiger partial charge in [0.25, 0.3) is 0 Å². The molecule has 1 atom stereocenters. The first-order valence-corrected chi connectivity index (χ1v) is 10.3. The van der Waals surface area contributed by atoms with Crippen LogP contribution in [0.2, 0.25) is 5.02 Å².